The Morgan fingerprint density at radius 1 is 1.50 bits per heavy atom. The molecule has 0 radical (unpaired) electrons. The molecule has 1 aliphatic rings. The van der Waals surface area contributed by atoms with Crippen molar-refractivity contribution in [3.63, 3.8) is 0 Å². The van der Waals surface area contributed by atoms with Crippen LogP contribution in [0.4, 0.5) is 4.79 Å². The summed E-state index contributed by atoms with van der Waals surface area (Å²) in [5.41, 5.74) is 1.29. The minimum atomic E-state index is -0.508. The molecule has 1 amide bonds. The number of ketones is 1. The monoisotopic (exact) mass is 191 g/mol. The number of nitrogens with one attached hydrogen (secondary N) is 1. The molecule has 0 aromatic heterocycles. The van der Waals surface area contributed by atoms with Crippen molar-refractivity contribution in [3.05, 3.63) is 29.3 Å². The predicted molar refractivity (Wildman–Crippen MR) is 49.3 cm³/mol. The molecule has 0 saturated carbocycles. The fourth-order valence-electron chi connectivity index (χ4n) is 1.42. The molecular weight excluding hydrogens is 182 g/mol. The first-order valence-electron chi connectivity index (χ1n) is 4.27. The number of fused-ring (bicyclic) bond motifs is 1. The van der Waals surface area contributed by atoms with E-state index < -0.39 is 6.09 Å². The lowest BCUT2D eigenvalue weighted by atomic mass is 10.1. The van der Waals surface area contributed by atoms with Gasteiger partial charge in [-0.25, -0.2) is 4.79 Å². The third-order valence-electron chi connectivity index (χ3n) is 2.09. The van der Waals surface area contributed by atoms with Gasteiger partial charge in [-0.3, -0.25) is 4.79 Å². The maximum atomic E-state index is 11.2. The quantitative estimate of drug-likeness (QED) is 0.684. The zero-order valence-electron chi connectivity index (χ0n) is 7.66. The summed E-state index contributed by atoms with van der Waals surface area (Å²) in [6.07, 6.45) is -0.508. The Morgan fingerprint density at radius 3 is 3.00 bits per heavy atom. The SMILES string of the molecule is CC(=O)c1cccc2c1OC(=O)NC2. The number of benzene rings is 1. The minimum absolute atomic E-state index is 0.100. The molecule has 0 unspecified atom stereocenters. The van der Waals surface area contributed by atoms with E-state index in [2.05, 4.69) is 5.32 Å². The van der Waals surface area contributed by atoms with Gasteiger partial charge in [-0.15, -0.1) is 0 Å². The molecule has 0 atom stereocenters. The zero-order chi connectivity index (χ0) is 10.1. The van der Waals surface area contributed by atoms with Crippen molar-refractivity contribution < 1.29 is 14.3 Å². The van der Waals surface area contributed by atoms with Gasteiger partial charge in [-0.05, 0) is 13.0 Å². The Bertz CT molecular complexity index is 412. The molecule has 72 valence electrons. The van der Waals surface area contributed by atoms with Crippen molar-refractivity contribution in [2.75, 3.05) is 0 Å². The molecule has 14 heavy (non-hydrogen) atoms. The number of ether oxygens (including phenoxy) is 1. The summed E-state index contributed by atoms with van der Waals surface area (Å²) in [5.74, 6) is 0.292. The fourth-order valence-corrected chi connectivity index (χ4v) is 1.42. The van der Waals surface area contributed by atoms with Crippen LogP contribution in [0.3, 0.4) is 0 Å². The highest BCUT2D eigenvalue weighted by atomic mass is 16.6. The molecule has 0 fully saturated rings. The maximum Gasteiger partial charge on any atom is 0.412 e. The van der Waals surface area contributed by atoms with Crippen LogP contribution < -0.4 is 10.1 Å². The first-order valence-corrected chi connectivity index (χ1v) is 4.27. The molecule has 1 N–H and O–H groups in total. The Kier molecular flexibility index (Phi) is 1.96. The topological polar surface area (TPSA) is 55.4 Å². The third kappa shape index (κ3) is 1.35. The van der Waals surface area contributed by atoms with Crippen molar-refractivity contribution in [2.24, 2.45) is 0 Å². The van der Waals surface area contributed by atoms with E-state index in [1.165, 1.54) is 6.92 Å². The van der Waals surface area contributed by atoms with E-state index in [0.29, 0.717) is 17.9 Å². The summed E-state index contributed by atoms with van der Waals surface area (Å²) in [7, 11) is 0. The second-order valence-corrected chi connectivity index (χ2v) is 3.09. The van der Waals surface area contributed by atoms with E-state index in [1.807, 2.05) is 6.07 Å². The predicted octanol–water partition coefficient (Wildman–Crippen LogP) is 1.49. The van der Waals surface area contributed by atoms with Gasteiger partial charge >= 0.3 is 6.09 Å². The largest absolute Gasteiger partial charge is 0.412 e. The Morgan fingerprint density at radius 2 is 2.29 bits per heavy atom. The van der Waals surface area contributed by atoms with Crippen LogP contribution in [-0.4, -0.2) is 11.9 Å². The van der Waals surface area contributed by atoms with Crippen LogP contribution in [0.25, 0.3) is 0 Å². The molecule has 0 bridgehead atoms. The van der Waals surface area contributed by atoms with Crippen molar-refractivity contribution in [3.8, 4) is 5.75 Å². The summed E-state index contributed by atoms with van der Waals surface area (Å²) < 4.78 is 4.95. The number of rotatable bonds is 1. The van der Waals surface area contributed by atoms with Gasteiger partial charge in [0.05, 0.1) is 5.56 Å². The van der Waals surface area contributed by atoms with E-state index in [9.17, 15) is 9.59 Å². The molecule has 1 aliphatic heterocycles. The van der Waals surface area contributed by atoms with Crippen molar-refractivity contribution >= 4 is 11.9 Å². The smallest absolute Gasteiger partial charge is 0.409 e. The number of carbonyl (C=O) groups is 2. The average Bonchev–Trinajstić information content (AvgIpc) is 2.16. The van der Waals surface area contributed by atoms with Gasteiger partial charge in [0.2, 0.25) is 0 Å². The van der Waals surface area contributed by atoms with Gasteiger partial charge < -0.3 is 10.1 Å². The molecule has 0 saturated heterocycles. The molecule has 1 heterocycles. The Labute approximate surface area is 80.9 Å². The van der Waals surface area contributed by atoms with Gasteiger partial charge in [-0.2, -0.15) is 0 Å². The van der Waals surface area contributed by atoms with E-state index in [-0.39, 0.29) is 5.78 Å². The van der Waals surface area contributed by atoms with Crippen molar-refractivity contribution in [1.82, 2.24) is 5.32 Å². The highest BCUT2D eigenvalue weighted by Gasteiger charge is 2.20. The first kappa shape index (κ1) is 8.74. The van der Waals surface area contributed by atoms with Crippen LogP contribution in [0, 0.1) is 0 Å². The van der Waals surface area contributed by atoms with Crippen LogP contribution in [0.1, 0.15) is 22.8 Å². The molecule has 4 nitrogen and oxygen atoms in total. The van der Waals surface area contributed by atoms with E-state index >= 15 is 0 Å². The summed E-state index contributed by atoms with van der Waals surface area (Å²) in [5, 5.41) is 2.53. The van der Waals surface area contributed by atoms with Crippen molar-refractivity contribution in [2.45, 2.75) is 13.5 Å². The lowest BCUT2D eigenvalue weighted by Crippen LogP contribution is -2.32. The summed E-state index contributed by atoms with van der Waals surface area (Å²) in [4.78, 5) is 22.2. The van der Waals surface area contributed by atoms with Crippen LogP contribution in [0.2, 0.25) is 0 Å². The van der Waals surface area contributed by atoms with Gasteiger partial charge in [0.25, 0.3) is 0 Å². The second kappa shape index (κ2) is 3.14. The number of amides is 1. The summed E-state index contributed by atoms with van der Waals surface area (Å²) in [6.45, 7) is 1.86. The van der Waals surface area contributed by atoms with Crippen LogP contribution >= 0.6 is 0 Å². The summed E-state index contributed by atoms with van der Waals surface area (Å²) >= 11 is 0. The van der Waals surface area contributed by atoms with E-state index in [4.69, 9.17) is 4.74 Å². The standard InChI is InChI=1S/C10H9NO3/c1-6(12)8-4-2-3-7-5-11-10(13)14-9(7)8/h2-4H,5H2,1H3,(H,11,13). The lowest BCUT2D eigenvalue weighted by Gasteiger charge is -2.18. The molecule has 2 rings (SSSR count). The lowest BCUT2D eigenvalue weighted by molar-refractivity contribution is 0.101. The van der Waals surface area contributed by atoms with Gasteiger partial charge in [0.15, 0.2) is 5.78 Å². The molecule has 1 aromatic rings. The zero-order valence-corrected chi connectivity index (χ0v) is 7.66. The highest BCUT2D eigenvalue weighted by Crippen LogP contribution is 2.26. The van der Waals surface area contributed by atoms with E-state index in [1.54, 1.807) is 12.1 Å². The second-order valence-electron chi connectivity index (χ2n) is 3.09. The van der Waals surface area contributed by atoms with Crippen LogP contribution in [-0.2, 0) is 6.54 Å². The molecule has 1 aromatic carbocycles. The van der Waals surface area contributed by atoms with Gasteiger partial charge in [0.1, 0.15) is 5.75 Å². The molecule has 0 aliphatic carbocycles. The fraction of sp³-hybridized carbons (Fsp3) is 0.200. The minimum Gasteiger partial charge on any atom is -0.409 e. The maximum absolute atomic E-state index is 11.2. The highest BCUT2D eigenvalue weighted by molar-refractivity contribution is 5.98. The van der Waals surface area contributed by atoms with Crippen LogP contribution in [0.15, 0.2) is 18.2 Å². The van der Waals surface area contributed by atoms with Crippen molar-refractivity contribution in [1.29, 1.82) is 0 Å². The van der Waals surface area contributed by atoms with E-state index in [0.717, 1.165) is 5.56 Å². The Balaban J connectivity index is 2.54. The number of hydrogen-bond donors (Lipinski definition) is 1. The number of para-hydroxylation sites is 1. The number of Topliss-reactive ketones (excluding diaryl/α,β-unsaturated/α-hetero) is 1. The molecule has 4 heteroatoms. The van der Waals surface area contributed by atoms with Gasteiger partial charge in [-0.1, -0.05) is 12.1 Å². The first-order chi connectivity index (χ1) is 6.68. The average molecular weight is 191 g/mol. The normalized spacial score (nSPS) is 13.9. The number of hydrogen-bond acceptors (Lipinski definition) is 3. The molecular formula is C10H9NO3. The van der Waals surface area contributed by atoms with Crippen LogP contribution in [0.5, 0.6) is 5.75 Å². The Hall–Kier alpha value is -1.84. The third-order valence-corrected chi connectivity index (χ3v) is 2.09. The molecule has 0 spiro atoms. The number of carbonyl (C=O) groups excluding carboxylic acids is 2. The summed E-state index contributed by atoms with van der Waals surface area (Å²) in [6, 6.07) is 5.25. The van der Waals surface area contributed by atoms with Gasteiger partial charge in [0, 0.05) is 12.1 Å².